The van der Waals surface area contributed by atoms with Crippen LogP contribution in [-0.4, -0.2) is 17.7 Å². The zero-order chi connectivity index (χ0) is 20.7. The van der Waals surface area contributed by atoms with Gasteiger partial charge < -0.3 is 5.32 Å². The number of anilines is 2. The van der Waals surface area contributed by atoms with Crippen molar-refractivity contribution in [3.8, 4) is 0 Å². The minimum atomic E-state index is -0.321. The van der Waals surface area contributed by atoms with Crippen molar-refractivity contribution in [2.45, 2.75) is 40.0 Å². The van der Waals surface area contributed by atoms with Crippen LogP contribution in [0.3, 0.4) is 0 Å². The van der Waals surface area contributed by atoms with E-state index in [1.807, 2.05) is 32.0 Å². The summed E-state index contributed by atoms with van der Waals surface area (Å²) in [4.78, 5) is 40.5. The molecule has 1 saturated carbocycles. The molecule has 1 saturated heterocycles. The maximum atomic E-state index is 13.1. The number of carbonyl (C=O) groups is 3. The van der Waals surface area contributed by atoms with Gasteiger partial charge in [-0.15, -0.1) is 0 Å². The molecule has 0 unspecified atom stereocenters. The SMILES string of the molecule is Cc1cccc(NC(=O)c2ccccc2N2C(=O)[C@H]3CC[C@@H](C)C[C@@H]3C2=O)c1C. The average Bonchev–Trinajstić information content (AvgIpc) is 2.95. The number of imide groups is 1. The summed E-state index contributed by atoms with van der Waals surface area (Å²) in [6, 6.07) is 12.6. The van der Waals surface area contributed by atoms with Gasteiger partial charge in [0.2, 0.25) is 11.8 Å². The van der Waals surface area contributed by atoms with Gasteiger partial charge in [-0.25, -0.2) is 4.90 Å². The molecule has 150 valence electrons. The van der Waals surface area contributed by atoms with Gasteiger partial charge in [-0.05, 0) is 68.4 Å². The second kappa shape index (κ2) is 7.47. The maximum Gasteiger partial charge on any atom is 0.257 e. The van der Waals surface area contributed by atoms with E-state index in [0.717, 1.165) is 36.1 Å². The Morgan fingerprint density at radius 2 is 1.69 bits per heavy atom. The van der Waals surface area contributed by atoms with E-state index >= 15 is 0 Å². The van der Waals surface area contributed by atoms with Crippen LogP contribution in [0.4, 0.5) is 11.4 Å². The fourth-order valence-corrected chi connectivity index (χ4v) is 4.56. The molecule has 1 N–H and O–H groups in total. The monoisotopic (exact) mass is 390 g/mol. The minimum Gasteiger partial charge on any atom is -0.322 e. The summed E-state index contributed by atoms with van der Waals surface area (Å²) in [7, 11) is 0. The van der Waals surface area contributed by atoms with Crippen molar-refractivity contribution < 1.29 is 14.4 Å². The number of nitrogens with one attached hydrogen (secondary N) is 1. The fourth-order valence-electron chi connectivity index (χ4n) is 4.56. The van der Waals surface area contributed by atoms with Crippen molar-refractivity contribution in [1.29, 1.82) is 0 Å². The predicted molar refractivity (Wildman–Crippen MR) is 113 cm³/mol. The van der Waals surface area contributed by atoms with Gasteiger partial charge in [0.25, 0.3) is 5.91 Å². The molecular weight excluding hydrogens is 364 g/mol. The molecule has 3 amide bonds. The zero-order valence-electron chi connectivity index (χ0n) is 17.1. The van der Waals surface area contributed by atoms with Gasteiger partial charge in [-0.1, -0.05) is 31.2 Å². The van der Waals surface area contributed by atoms with E-state index < -0.39 is 0 Å². The topological polar surface area (TPSA) is 66.5 Å². The molecule has 0 bridgehead atoms. The highest BCUT2D eigenvalue weighted by Crippen LogP contribution is 2.42. The second-order valence-corrected chi connectivity index (χ2v) is 8.36. The number of hydrogen-bond acceptors (Lipinski definition) is 3. The third-order valence-corrected chi connectivity index (χ3v) is 6.43. The van der Waals surface area contributed by atoms with Gasteiger partial charge in [0.05, 0.1) is 23.1 Å². The van der Waals surface area contributed by atoms with Crippen LogP contribution in [-0.2, 0) is 9.59 Å². The van der Waals surface area contributed by atoms with Crippen LogP contribution in [0.5, 0.6) is 0 Å². The largest absolute Gasteiger partial charge is 0.322 e. The second-order valence-electron chi connectivity index (χ2n) is 8.36. The summed E-state index contributed by atoms with van der Waals surface area (Å²) in [6.07, 6.45) is 2.44. The number of hydrogen-bond donors (Lipinski definition) is 1. The lowest BCUT2D eigenvalue weighted by Crippen LogP contribution is -2.33. The van der Waals surface area contributed by atoms with Gasteiger partial charge in [-0.3, -0.25) is 14.4 Å². The fraction of sp³-hybridized carbons (Fsp3) is 0.375. The predicted octanol–water partition coefficient (Wildman–Crippen LogP) is 4.48. The zero-order valence-corrected chi connectivity index (χ0v) is 17.1. The highest BCUT2D eigenvalue weighted by molar-refractivity contribution is 6.24. The quantitative estimate of drug-likeness (QED) is 0.786. The molecular formula is C24H26N2O3. The van der Waals surface area contributed by atoms with Crippen LogP contribution < -0.4 is 10.2 Å². The van der Waals surface area contributed by atoms with Gasteiger partial charge >= 0.3 is 0 Å². The summed E-state index contributed by atoms with van der Waals surface area (Å²) >= 11 is 0. The molecule has 5 heteroatoms. The van der Waals surface area contributed by atoms with E-state index in [0.29, 0.717) is 17.2 Å². The standard InChI is InChI=1S/C24H26N2O3/c1-14-11-12-17-19(13-14)24(29)26(23(17)28)21-10-5-4-8-18(21)22(27)25-20-9-6-7-15(2)16(20)3/h4-10,14,17,19H,11-13H2,1-3H3,(H,25,27)/t14-,17+,19+/m1/s1. The Morgan fingerprint density at radius 3 is 2.48 bits per heavy atom. The number of fused-ring (bicyclic) bond motifs is 1. The van der Waals surface area contributed by atoms with Gasteiger partial charge in [-0.2, -0.15) is 0 Å². The molecule has 2 aromatic rings. The highest BCUT2D eigenvalue weighted by atomic mass is 16.2. The van der Waals surface area contributed by atoms with Crippen molar-refractivity contribution in [3.63, 3.8) is 0 Å². The summed E-state index contributed by atoms with van der Waals surface area (Å²) in [5, 5.41) is 2.94. The van der Waals surface area contributed by atoms with Gasteiger partial charge in [0.1, 0.15) is 0 Å². The Morgan fingerprint density at radius 1 is 0.966 bits per heavy atom. The summed E-state index contributed by atoms with van der Waals surface area (Å²) in [6.45, 7) is 6.07. The van der Waals surface area contributed by atoms with Crippen LogP contribution in [0.2, 0.25) is 0 Å². The van der Waals surface area contributed by atoms with E-state index in [1.54, 1.807) is 24.3 Å². The molecule has 1 heterocycles. The van der Waals surface area contributed by atoms with Crippen molar-refractivity contribution in [3.05, 3.63) is 59.2 Å². The van der Waals surface area contributed by atoms with Crippen molar-refractivity contribution in [1.82, 2.24) is 0 Å². The van der Waals surface area contributed by atoms with E-state index in [2.05, 4.69) is 12.2 Å². The van der Waals surface area contributed by atoms with Crippen LogP contribution in [0.25, 0.3) is 0 Å². The highest BCUT2D eigenvalue weighted by Gasteiger charge is 2.50. The lowest BCUT2D eigenvalue weighted by Gasteiger charge is -2.25. The minimum absolute atomic E-state index is 0.168. The molecule has 2 fully saturated rings. The van der Waals surface area contributed by atoms with E-state index in [9.17, 15) is 14.4 Å². The molecule has 5 nitrogen and oxygen atoms in total. The number of rotatable bonds is 3. The first kappa shape index (κ1) is 19.4. The van der Waals surface area contributed by atoms with Crippen molar-refractivity contribution >= 4 is 29.1 Å². The normalized spacial score (nSPS) is 23.8. The molecule has 3 atom stereocenters. The van der Waals surface area contributed by atoms with Crippen LogP contribution in [0, 0.1) is 31.6 Å². The number of nitrogens with zero attached hydrogens (tertiary/aromatic N) is 1. The Hall–Kier alpha value is -2.95. The molecule has 1 aliphatic heterocycles. The van der Waals surface area contributed by atoms with Crippen LogP contribution in [0.1, 0.15) is 47.7 Å². The van der Waals surface area contributed by atoms with Crippen molar-refractivity contribution in [2.24, 2.45) is 17.8 Å². The Balaban J connectivity index is 1.67. The molecule has 4 rings (SSSR count). The average molecular weight is 390 g/mol. The molecule has 0 aromatic heterocycles. The van der Waals surface area contributed by atoms with Gasteiger partial charge in [0.15, 0.2) is 0 Å². The summed E-state index contributed by atoms with van der Waals surface area (Å²) in [5.41, 5.74) is 3.52. The van der Waals surface area contributed by atoms with Crippen molar-refractivity contribution in [2.75, 3.05) is 10.2 Å². The Kier molecular flexibility index (Phi) is 4.99. The molecule has 0 radical (unpaired) electrons. The molecule has 0 spiro atoms. The smallest absolute Gasteiger partial charge is 0.257 e. The van der Waals surface area contributed by atoms with Crippen LogP contribution >= 0.6 is 0 Å². The lowest BCUT2D eigenvalue weighted by atomic mass is 9.76. The Labute approximate surface area is 171 Å². The first-order valence-corrected chi connectivity index (χ1v) is 10.2. The molecule has 2 aliphatic rings. The first-order valence-electron chi connectivity index (χ1n) is 10.2. The molecule has 2 aromatic carbocycles. The van der Waals surface area contributed by atoms with E-state index in [4.69, 9.17) is 0 Å². The number of amides is 3. The number of benzene rings is 2. The number of carbonyl (C=O) groups excluding carboxylic acids is 3. The third-order valence-electron chi connectivity index (χ3n) is 6.43. The molecule has 29 heavy (non-hydrogen) atoms. The lowest BCUT2D eigenvalue weighted by molar-refractivity contribution is -0.122. The number of aryl methyl sites for hydroxylation is 1. The van der Waals surface area contributed by atoms with Gasteiger partial charge in [0, 0.05) is 5.69 Å². The maximum absolute atomic E-state index is 13.1. The summed E-state index contributed by atoms with van der Waals surface area (Å²) < 4.78 is 0. The number of para-hydroxylation sites is 1. The molecule has 1 aliphatic carbocycles. The Bertz CT molecular complexity index is 997. The van der Waals surface area contributed by atoms with E-state index in [-0.39, 0.29) is 29.6 Å². The third kappa shape index (κ3) is 3.35. The van der Waals surface area contributed by atoms with Crippen LogP contribution in [0.15, 0.2) is 42.5 Å². The first-order chi connectivity index (χ1) is 13.9. The van der Waals surface area contributed by atoms with E-state index in [1.165, 1.54) is 4.90 Å². The summed E-state index contributed by atoms with van der Waals surface area (Å²) in [5.74, 6) is -0.735.